The van der Waals surface area contributed by atoms with Gasteiger partial charge < -0.3 is 14.7 Å². The van der Waals surface area contributed by atoms with Gasteiger partial charge >= 0.3 is 5.97 Å². The molecule has 6 heteroatoms. The molecule has 1 aliphatic rings. The Hall–Kier alpha value is -2.34. The summed E-state index contributed by atoms with van der Waals surface area (Å²) in [5.74, 6) is -0.569. The summed E-state index contributed by atoms with van der Waals surface area (Å²) in [5.41, 5.74) is 2.08. The van der Waals surface area contributed by atoms with Gasteiger partial charge in [0, 0.05) is 17.6 Å². The van der Waals surface area contributed by atoms with E-state index < -0.39 is 5.97 Å². The fourth-order valence-electron chi connectivity index (χ4n) is 2.97. The van der Waals surface area contributed by atoms with Crippen LogP contribution in [0.2, 0.25) is 0 Å². The SMILES string of the molecule is CN(C(=O)c1cc2c(s1)CCCCC2)c1ccc(OCC(=O)O)cc1. The first-order valence-corrected chi connectivity index (χ1v) is 9.20. The van der Waals surface area contributed by atoms with Crippen molar-refractivity contribution in [1.29, 1.82) is 0 Å². The normalized spacial score (nSPS) is 13.6. The fourth-order valence-corrected chi connectivity index (χ4v) is 4.20. The van der Waals surface area contributed by atoms with Crippen LogP contribution in [0.4, 0.5) is 5.69 Å². The van der Waals surface area contributed by atoms with Crippen molar-refractivity contribution in [2.24, 2.45) is 0 Å². The van der Waals surface area contributed by atoms with Gasteiger partial charge in [0.2, 0.25) is 0 Å². The Bertz CT molecular complexity index is 743. The van der Waals surface area contributed by atoms with Crippen LogP contribution in [-0.4, -0.2) is 30.6 Å². The third kappa shape index (κ3) is 4.20. The number of hydrogen-bond acceptors (Lipinski definition) is 4. The summed E-state index contributed by atoms with van der Waals surface area (Å²) in [7, 11) is 1.75. The van der Waals surface area contributed by atoms with Gasteiger partial charge in [0.05, 0.1) is 4.88 Å². The number of ether oxygens (including phenoxy) is 1. The van der Waals surface area contributed by atoms with Crippen LogP contribution in [-0.2, 0) is 17.6 Å². The number of benzene rings is 1. The highest BCUT2D eigenvalue weighted by Crippen LogP contribution is 2.30. The largest absolute Gasteiger partial charge is 0.482 e. The fraction of sp³-hybridized carbons (Fsp3) is 0.368. The molecule has 0 atom stereocenters. The number of carbonyl (C=O) groups is 2. The number of hydrogen-bond donors (Lipinski definition) is 1. The van der Waals surface area contributed by atoms with E-state index >= 15 is 0 Å². The zero-order valence-electron chi connectivity index (χ0n) is 14.2. The molecule has 132 valence electrons. The lowest BCUT2D eigenvalue weighted by Crippen LogP contribution is -2.25. The first-order valence-electron chi connectivity index (χ1n) is 8.39. The maximum Gasteiger partial charge on any atom is 0.341 e. The third-order valence-corrected chi connectivity index (χ3v) is 5.57. The van der Waals surface area contributed by atoms with E-state index in [0.29, 0.717) is 5.75 Å². The van der Waals surface area contributed by atoms with Gasteiger partial charge in [-0.2, -0.15) is 0 Å². The lowest BCUT2D eigenvalue weighted by Gasteiger charge is -2.17. The lowest BCUT2D eigenvalue weighted by atomic mass is 10.1. The molecule has 1 aromatic heterocycles. The molecule has 1 aliphatic carbocycles. The van der Waals surface area contributed by atoms with Crippen molar-refractivity contribution in [3.63, 3.8) is 0 Å². The molecule has 5 nitrogen and oxygen atoms in total. The number of nitrogens with zero attached hydrogens (tertiary/aromatic N) is 1. The monoisotopic (exact) mass is 359 g/mol. The Labute approximate surface area is 150 Å². The number of carbonyl (C=O) groups excluding carboxylic acids is 1. The lowest BCUT2D eigenvalue weighted by molar-refractivity contribution is -0.139. The van der Waals surface area contributed by atoms with E-state index in [-0.39, 0.29) is 12.5 Å². The minimum Gasteiger partial charge on any atom is -0.482 e. The average Bonchev–Trinajstić information content (AvgIpc) is 2.89. The maximum atomic E-state index is 12.8. The molecule has 0 fully saturated rings. The number of rotatable bonds is 5. The Balaban J connectivity index is 1.70. The van der Waals surface area contributed by atoms with Gasteiger partial charge in [-0.1, -0.05) is 6.42 Å². The van der Waals surface area contributed by atoms with Crippen molar-refractivity contribution in [1.82, 2.24) is 0 Å². The Morgan fingerprint density at radius 3 is 2.60 bits per heavy atom. The number of thiophene rings is 1. The minimum absolute atomic E-state index is 0.0164. The first-order chi connectivity index (χ1) is 12.0. The molecule has 0 aliphatic heterocycles. The average molecular weight is 359 g/mol. The molecule has 0 spiro atoms. The van der Waals surface area contributed by atoms with E-state index in [1.165, 1.54) is 29.7 Å². The summed E-state index contributed by atoms with van der Waals surface area (Å²) in [4.78, 5) is 27.0. The predicted molar refractivity (Wildman–Crippen MR) is 97.9 cm³/mol. The first kappa shape index (κ1) is 17.5. The number of aliphatic carboxylic acids is 1. The van der Waals surface area contributed by atoms with Gasteiger partial charge in [-0.25, -0.2) is 4.79 Å². The van der Waals surface area contributed by atoms with Crippen molar-refractivity contribution in [3.05, 3.63) is 45.6 Å². The van der Waals surface area contributed by atoms with Crippen LogP contribution >= 0.6 is 11.3 Å². The second kappa shape index (κ2) is 7.70. The van der Waals surface area contributed by atoms with Gasteiger partial charge in [-0.3, -0.25) is 4.79 Å². The van der Waals surface area contributed by atoms with E-state index in [9.17, 15) is 9.59 Å². The molecular formula is C19H21NO4S. The topological polar surface area (TPSA) is 66.8 Å². The highest BCUT2D eigenvalue weighted by Gasteiger charge is 2.20. The number of carboxylic acids is 1. The Morgan fingerprint density at radius 1 is 1.16 bits per heavy atom. The zero-order chi connectivity index (χ0) is 17.8. The van der Waals surface area contributed by atoms with Crippen LogP contribution in [0.25, 0.3) is 0 Å². The molecule has 1 amide bonds. The molecule has 0 radical (unpaired) electrons. The van der Waals surface area contributed by atoms with Gasteiger partial charge in [0.1, 0.15) is 5.75 Å². The molecule has 0 bridgehead atoms. The Morgan fingerprint density at radius 2 is 1.88 bits per heavy atom. The summed E-state index contributed by atoms with van der Waals surface area (Å²) in [6.45, 7) is -0.380. The zero-order valence-corrected chi connectivity index (χ0v) is 15.0. The number of amides is 1. The Kier molecular flexibility index (Phi) is 5.38. The number of aryl methyl sites for hydroxylation is 2. The van der Waals surface area contributed by atoms with Crippen molar-refractivity contribution >= 4 is 28.9 Å². The van der Waals surface area contributed by atoms with Crippen LogP contribution < -0.4 is 9.64 Å². The van der Waals surface area contributed by atoms with E-state index in [4.69, 9.17) is 9.84 Å². The summed E-state index contributed by atoms with van der Waals surface area (Å²) < 4.78 is 5.11. The van der Waals surface area contributed by atoms with Gasteiger partial charge in [0.15, 0.2) is 6.61 Å². The quantitative estimate of drug-likeness (QED) is 0.826. The van der Waals surface area contributed by atoms with Crippen molar-refractivity contribution < 1.29 is 19.4 Å². The molecule has 3 rings (SSSR count). The molecule has 1 N–H and O–H groups in total. The second-order valence-electron chi connectivity index (χ2n) is 6.16. The highest BCUT2D eigenvalue weighted by molar-refractivity contribution is 7.14. The maximum absolute atomic E-state index is 12.8. The van der Waals surface area contributed by atoms with Crippen LogP contribution in [0.3, 0.4) is 0 Å². The van der Waals surface area contributed by atoms with Crippen molar-refractivity contribution in [3.8, 4) is 5.75 Å². The molecule has 1 aromatic carbocycles. The van der Waals surface area contributed by atoms with Gasteiger partial charge in [-0.15, -0.1) is 11.3 Å². The summed E-state index contributed by atoms with van der Waals surface area (Å²) >= 11 is 1.61. The van der Waals surface area contributed by atoms with Gasteiger partial charge in [0.25, 0.3) is 5.91 Å². The molecule has 0 saturated heterocycles. The number of fused-ring (bicyclic) bond motifs is 1. The van der Waals surface area contributed by atoms with Crippen LogP contribution in [0, 0.1) is 0 Å². The molecule has 2 aromatic rings. The number of anilines is 1. The molecule has 0 unspecified atom stereocenters. The van der Waals surface area contributed by atoms with Gasteiger partial charge in [-0.05, 0) is 61.6 Å². The van der Waals surface area contributed by atoms with E-state index in [2.05, 4.69) is 6.07 Å². The van der Waals surface area contributed by atoms with Crippen LogP contribution in [0.1, 0.15) is 39.4 Å². The third-order valence-electron chi connectivity index (χ3n) is 4.35. The summed E-state index contributed by atoms with van der Waals surface area (Å²) in [6, 6.07) is 8.91. The van der Waals surface area contributed by atoms with Crippen molar-refractivity contribution in [2.45, 2.75) is 32.1 Å². The standard InChI is InChI=1S/C19H21NO4S/c1-20(14-7-9-15(10-8-14)24-12-18(21)22)19(23)17-11-13-5-3-2-4-6-16(13)25-17/h7-11H,2-6,12H2,1H3,(H,21,22). The molecule has 0 saturated carbocycles. The second-order valence-corrected chi connectivity index (χ2v) is 7.30. The number of carboxylic acid groups (broad SMARTS) is 1. The summed E-state index contributed by atoms with van der Waals surface area (Å²) in [5, 5.41) is 8.63. The smallest absolute Gasteiger partial charge is 0.341 e. The van der Waals surface area contributed by atoms with Crippen LogP contribution in [0.5, 0.6) is 5.75 Å². The highest BCUT2D eigenvalue weighted by atomic mass is 32.1. The van der Waals surface area contributed by atoms with E-state index in [1.54, 1.807) is 47.5 Å². The van der Waals surface area contributed by atoms with E-state index in [1.807, 2.05) is 0 Å². The molecule has 1 heterocycles. The minimum atomic E-state index is -1.02. The van der Waals surface area contributed by atoms with E-state index in [0.717, 1.165) is 23.4 Å². The predicted octanol–water partition coefficient (Wildman–Crippen LogP) is 3.76. The molecular weight excluding hydrogens is 338 g/mol. The summed E-state index contributed by atoms with van der Waals surface area (Å²) in [6.07, 6.45) is 5.81. The van der Waals surface area contributed by atoms with Crippen LogP contribution in [0.15, 0.2) is 30.3 Å². The molecule has 25 heavy (non-hydrogen) atoms. The van der Waals surface area contributed by atoms with Crippen molar-refractivity contribution in [2.75, 3.05) is 18.6 Å².